The summed E-state index contributed by atoms with van der Waals surface area (Å²) in [5, 5.41) is 28.7. The molecule has 2 saturated heterocycles. The number of rotatable bonds is 9. The Kier molecular flexibility index (Phi) is 14.5. The van der Waals surface area contributed by atoms with E-state index in [9.17, 15) is 34.2 Å². The van der Waals surface area contributed by atoms with Crippen LogP contribution in [0.25, 0.3) is 33.4 Å². The lowest BCUT2D eigenvalue weighted by molar-refractivity contribution is -0.189. The normalized spacial score (nSPS) is 21.3. The minimum Gasteiger partial charge on any atom is -0.462 e. The zero-order valence-corrected chi connectivity index (χ0v) is 39.9. The quantitative estimate of drug-likeness (QED) is 0.177. The Hall–Kier alpha value is -5.47. The van der Waals surface area contributed by atoms with Crippen molar-refractivity contribution in [3.8, 4) is 22.5 Å². The molecule has 3 aromatic heterocycles. The number of aliphatic hydroxyl groups excluding tert-OH is 1. The van der Waals surface area contributed by atoms with Gasteiger partial charge in [0.1, 0.15) is 18.7 Å². The molecule has 5 amide bonds. The number of hydrogen-bond acceptors (Lipinski definition) is 13. The van der Waals surface area contributed by atoms with Crippen molar-refractivity contribution in [1.29, 1.82) is 0 Å². The van der Waals surface area contributed by atoms with E-state index in [0.717, 1.165) is 44.0 Å². The van der Waals surface area contributed by atoms with Crippen LogP contribution in [0.2, 0.25) is 0 Å². The molecule has 4 aromatic rings. The third-order valence-electron chi connectivity index (χ3n) is 12.9. The summed E-state index contributed by atoms with van der Waals surface area (Å²) >= 11 is 1.34. The maximum atomic E-state index is 14.6. The van der Waals surface area contributed by atoms with E-state index >= 15 is 0 Å². The highest BCUT2D eigenvalue weighted by molar-refractivity contribution is 7.10. The molecule has 18 nitrogen and oxygen atoms in total. The van der Waals surface area contributed by atoms with Crippen molar-refractivity contribution >= 4 is 52.0 Å². The molecule has 0 radical (unpaired) electrons. The Morgan fingerprint density at radius 3 is 2.50 bits per heavy atom. The lowest BCUT2D eigenvalue weighted by atomic mass is 9.84. The number of pyridine rings is 1. The van der Waals surface area contributed by atoms with Crippen molar-refractivity contribution in [2.75, 3.05) is 60.1 Å². The number of esters is 1. The van der Waals surface area contributed by atoms with Gasteiger partial charge in [-0.2, -0.15) is 5.43 Å². The van der Waals surface area contributed by atoms with Crippen molar-refractivity contribution in [1.82, 2.24) is 45.0 Å². The number of benzene rings is 1. The number of fused-ring (bicyclic) bond motifs is 6. The lowest BCUT2D eigenvalue weighted by Gasteiger charge is -2.41. The van der Waals surface area contributed by atoms with Gasteiger partial charge < -0.3 is 44.3 Å². The number of ether oxygens (including phenoxy) is 2. The second-order valence-electron chi connectivity index (χ2n) is 18.6. The largest absolute Gasteiger partial charge is 0.462 e. The Morgan fingerprint density at radius 1 is 1.09 bits per heavy atom. The number of nitrogens with one attached hydrogen (secondary N) is 2. The topological polar surface area (TPSA) is 212 Å². The van der Waals surface area contributed by atoms with Gasteiger partial charge in [0.25, 0.3) is 5.91 Å². The SMILES string of the molecule is CCn1c(-c2cccnc2[C@H](C)OC)c2c3cc(ccc31)-c1csc(n1)C[C@H](NC(=O)[C@H](C(C)C)N(C)C(=O)N1CCN(C(=O)CO)CC1)C(=O)N1CCC[C@@](O)(N1)C(=O)OCC(C)(C)C2. The number of cyclic esters (lactones) is 1. The molecule has 1 aromatic carbocycles. The number of likely N-dealkylation sites (N-methyl/N-ethyl adjacent to an activating group) is 1. The fourth-order valence-corrected chi connectivity index (χ4v) is 10.2. The molecular formula is C47H63N9O9S. The monoisotopic (exact) mass is 929 g/mol. The molecule has 7 rings (SSSR count). The number of aromatic nitrogens is 3. The lowest BCUT2D eigenvalue weighted by Crippen LogP contribution is -2.67. The second kappa shape index (κ2) is 19.8. The zero-order chi connectivity index (χ0) is 47.7. The number of methoxy groups -OCH3 is 1. The van der Waals surface area contributed by atoms with Gasteiger partial charge in [-0.3, -0.25) is 24.4 Å². The Morgan fingerprint density at radius 2 is 1.82 bits per heavy atom. The van der Waals surface area contributed by atoms with Gasteiger partial charge in [0.05, 0.1) is 34.8 Å². The number of piperazine rings is 1. The molecule has 2 fully saturated rings. The average Bonchev–Trinajstić information content (AvgIpc) is 3.90. The summed E-state index contributed by atoms with van der Waals surface area (Å²) in [5.41, 5.74) is 6.14. The van der Waals surface area contributed by atoms with Gasteiger partial charge in [0.15, 0.2) is 0 Å². The first-order chi connectivity index (χ1) is 31.4. The van der Waals surface area contributed by atoms with Crippen LogP contribution in [0, 0.1) is 11.3 Å². The summed E-state index contributed by atoms with van der Waals surface area (Å²) in [5.74, 6) is -2.91. The van der Waals surface area contributed by atoms with Crippen molar-refractivity contribution in [2.45, 2.75) is 97.7 Å². The number of hydrogen-bond donors (Lipinski definition) is 4. The van der Waals surface area contributed by atoms with Crippen LogP contribution in [0.1, 0.15) is 76.8 Å². The number of hydrazine groups is 1. The highest BCUT2D eigenvalue weighted by atomic mass is 32.1. The number of aryl methyl sites for hydroxylation is 1. The fraction of sp³-hybridized carbons (Fsp3) is 0.553. The summed E-state index contributed by atoms with van der Waals surface area (Å²) in [7, 11) is 3.19. The van der Waals surface area contributed by atoms with Gasteiger partial charge >= 0.3 is 12.0 Å². The van der Waals surface area contributed by atoms with E-state index in [2.05, 4.69) is 40.4 Å². The van der Waals surface area contributed by atoms with E-state index in [-0.39, 0.29) is 70.6 Å². The summed E-state index contributed by atoms with van der Waals surface area (Å²) in [6.07, 6.45) is 2.16. The van der Waals surface area contributed by atoms with E-state index in [1.165, 1.54) is 28.2 Å². The first-order valence-electron chi connectivity index (χ1n) is 22.7. The number of carbonyl (C=O) groups is 5. The maximum Gasteiger partial charge on any atom is 0.355 e. The van der Waals surface area contributed by atoms with Gasteiger partial charge in [-0.05, 0) is 62.4 Å². The predicted octanol–water partition coefficient (Wildman–Crippen LogP) is 3.74. The van der Waals surface area contributed by atoms with E-state index in [1.54, 1.807) is 32.1 Å². The van der Waals surface area contributed by atoms with Crippen LogP contribution < -0.4 is 10.7 Å². The molecule has 0 spiro atoms. The van der Waals surface area contributed by atoms with E-state index < -0.39 is 59.6 Å². The maximum absolute atomic E-state index is 14.6. The molecule has 356 valence electrons. The first kappa shape index (κ1) is 48.5. The molecule has 4 atom stereocenters. The molecule has 0 aliphatic carbocycles. The molecule has 4 N–H and O–H groups in total. The molecule has 3 aliphatic rings. The number of urea groups is 1. The zero-order valence-electron chi connectivity index (χ0n) is 39.1. The third-order valence-corrected chi connectivity index (χ3v) is 13.8. The van der Waals surface area contributed by atoms with Gasteiger partial charge in [-0.1, -0.05) is 33.8 Å². The van der Waals surface area contributed by atoms with E-state index in [1.807, 2.05) is 38.3 Å². The smallest absolute Gasteiger partial charge is 0.355 e. The number of nitrogens with zero attached hydrogens (tertiary/aromatic N) is 7. The van der Waals surface area contributed by atoms with Gasteiger partial charge in [-0.15, -0.1) is 11.3 Å². The van der Waals surface area contributed by atoms with Gasteiger partial charge in [-0.25, -0.2) is 14.6 Å². The van der Waals surface area contributed by atoms with Crippen LogP contribution in [-0.4, -0.2) is 152 Å². The average molecular weight is 930 g/mol. The molecule has 3 aliphatic heterocycles. The first-order valence-corrected chi connectivity index (χ1v) is 23.6. The van der Waals surface area contributed by atoms with E-state index in [0.29, 0.717) is 23.7 Å². The summed E-state index contributed by atoms with van der Waals surface area (Å²) in [4.78, 5) is 83.1. The van der Waals surface area contributed by atoms with Crippen molar-refractivity contribution in [3.63, 3.8) is 0 Å². The van der Waals surface area contributed by atoms with E-state index in [4.69, 9.17) is 19.4 Å². The van der Waals surface area contributed by atoms with Gasteiger partial charge in [0.2, 0.25) is 17.5 Å². The fourth-order valence-electron chi connectivity index (χ4n) is 9.38. The summed E-state index contributed by atoms with van der Waals surface area (Å²) in [6.45, 7) is 12.7. The standard InChI is InChI=1S/C47H63N9O9S/c1-9-55-36-14-13-30-22-32(36)33(41(55)31-12-10-16-48-39(31)29(4)64-8)24-46(5,6)27-65-44(61)47(63)15-11-17-56(51-47)43(60)34(23-37-49-35(30)26-66-37)50-42(59)40(28(2)3)52(7)45(62)54-20-18-53(19-21-54)38(58)25-57/h10,12-14,16,22,26,28-29,34,40,51,57,63H,9,11,15,17-21,23-25,27H2,1-8H3,(H,50,59)/t29-,34-,40-,47-/m0/s1. The third kappa shape index (κ3) is 9.81. The van der Waals surface area contributed by atoms with Crippen LogP contribution in [0.5, 0.6) is 0 Å². The minimum absolute atomic E-state index is 0.0218. The Labute approximate surface area is 389 Å². The van der Waals surface area contributed by atoms with Crippen LogP contribution in [-0.2, 0) is 48.0 Å². The van der Waals surface area contributed by atoms with Crippen LogP contribution in [0.3, 0.4) is 0 Å². The van der Waals surface area contributed by atoms with Gasteiger partial charge in [0, 0.05) is 105 Å². The van der Waals surface area contributed by atoms with Crippen molar-refractivity contribution < 1.29 is 43.7 Å². The summed E-state index contributed by atoms with van der Waals surface area (Å²) < 4.78 is 14.0. The molecule has 0 saturated carbocycles. The van der Waals surface area contributed by atoms with Crippen LogP contribution in [0.4, 0.5) is 4.79 Å². The highest BCUT2D eigenvalue weighted by Gasteiger charge is 2.46. The van der Waals surface area contributed by atoms with Crippen molar-refractivity contribution in [2.24, 2.45) is 11.3 Å². The summed E-state index contributed by atoms with van der Waals surface area (Å²) in [6, 6.07) is 7.56. The Bertz CT molecular complexity index is 2460. The second-order valence-corrected chi connectivity index (χ2v) is 19.5. The van der Waals surface area contributed by atoms with Crippen LogP contribution in [0.15, 0.2) is 41.9 Å². The number of carbonyl (C=O) groups excluding carboxylic acids is 5. The molecule has 6 heterocycles. The molecular weight excluding hydrogens is 867 g/mol. The number of aliphatic hydroxyl groups is 2. The Balaban J connectivity index is 1.27. The van der Waals surface area contributed by atoms with Crippen molar-refractivity contribution in [3.05, 3.63) is 58.2 Å². The highest BCUT2D eigenvalue weighted by Crippen LogP contribution is 2.42. The number of thiazole rings is 1. The molecule has 19 heteroatoms. The molecule has 66 heavy (non-hydrogen) atoms. The molecule has 6 bridgehead atoms. The van der Waals surface area contributed by atoms with Crippen LogP contribution >= 0.6 is 11.3 Å². The minimum atomic E-state index is -2.24. The predicted molar refractivity (Wildman–Crippen MR) is 248 cm³/mol. The number of amides is 5. The molecule has 0 unspecified atom stereocenters.